The summed E-state index contributed by atoms with van der Waals surface area (Å²) < 4.78 is 31.6. The number of rotatable bonds is 6. The fourth-order valence-electron chi connectivity index (χ4n) is 4.40. The lowest BCUT2D eigenvalue weighted by Crippen LogP contribution is -2.28. The minimum absolute atomic E-state index is 0.193. The Morgan fingerprint density at radius 2 is 1.70 bits per heavy atom. The van der Waals surface area contributed by atoms with Crippen LogP contribution in [-0.2, 0) is 20.3 Å². The molecule has 4 rings (SSSR count). The first kappa shape index (κ1) is 22.9. The maximum atomic E-state index is 13.1. The van der Waals surface area contributed by atoms with Crippen LogP contribution in [0.4, 0.5) is 11.4 Å². The number of carbonyl (C=O) groups excluding carboxylic acids is 1. The van der Waals surface area contributed by atoms with E-state index in [9.17, 15) is 13.2 Å². The molecule has 0 fully saturated rings. The van der Waals surface area contributed by atoms with Crippen LogP contribution >= 0.6 is 0 Å². The molecule has 33 heavy (non-hydrogen) atoms. The van der Waals surface area contributed by atoms with Gasteiger partial charge in [0, 0.05) is 23.3 Å². The van der Waals surface area contributed by atoms with Crippen molar-refractivity contribution in [2.45, 2.75) is 32.6 Å². The largest absolute Gasteiger partial charge is 0.344 e. The molecule has 0 radical (unpaired) electrons. The number of hydrazone groups is 1. The van der Waals surface area contributed by atoms with E-state index >= 15 is 0 Å². The Kier molecular flexibility index (Phi) is 5.99. The van der Waals surface area contributed by atoms with Gasteiger partial charge in [0.05, 0.1) is 22.7 Å². The van der Waals surface area contributed by atoms with Crippen molar-refractivity contribution in [1.82, 2.24) is 0 Å². The predicted octanol–water partition coefficient (Wildman–Crippen LogP) is 4.30. The first-order valence-electron chi connectivity index (χ1n) is 10.8. The monoisotopic (exact) mass is 465 g/mol. The van der Waals surface area contributed by atoms with Crippen molar-refractivity contribution in [3.63, 3.8) is 0 Å². The molecule has 0 aromatic heterocycles. The summed E-state index contributed by atoms with van der Waals surface area (Å²) in [5, 5.41) is 5.83. The van der Waals surface area contributed by atoms with Crippen molar-refractivity contribution in [2.75, 3.05) is 22.2 Å². The van der Waals surface area contributed by atoms with Gasteiger partial charge in [0.1, 0.15) is 0 Å². The highest BCUT2D eigenvalue weighted by Crippen LogP contribution is 2.47. The number of fused-ring (bicyclic) bond motifs is 1. The van der Waals surface area contributed by atoms with Crippen LogP contribution in [0.1, 0.15) is 32.8 Å². The van der Waals surface area contributed by atoms with E-state index in [0.717, 1.165) is 16.9 Å². The van der Waals surface area contributed by atoms with Crippen molar-refractivity contribution >= 4 is 33.1 Å². The van der Waals surface area contributed by atoms with Crippen molar-refractivity contribution in [1.29, 1.82) is 0 Å². The molecule has 2 aromatic carbocycles. The highest BCUT2D eigenvalue weighted by Gasteiger charge is 2.39. The number of carbonyl (C=O) groups is 1. The summed E-state index contributed by atoms with van der Waals surface area (Å²) in [4.78, 5) is 15.1. The second-order valence-electron chi connectivity index (χ2n) is 8.70. The molecule has 0 saturated carbocycles. The topological polar surface area (TPSA) is 90.3 Å². The average Bonchev–Trinajstić information content (AvgIpc) is 3.17. The van der Waals surface area contributed by atoms with E-state index in [1.165, 1.54) is 5.01 Å². The van der Waals surface area contributed by atoms with E-state index < -0.39 is 10.1 Å². The third-order valence-corrected chi connectivity index (χ3v) is 6.86. The van der Waals surface area contributed by atoms with Gasteiger partial charge in [-0.3, -0.25) is 9.35 Å². The Morgan fingerprint density at radius 3 is 2.39 bits per heavy atom. The molecule has 2 aliphatic heterocycles. The van der Waals surface area contributed by atoms with Crippen molar-refractivity contribution in [2.24, 2.45) is 5.10 Å². The normalized spacial score (nSPS) is 20.0. The first-order valence-corrected chi connectivity index (χ1v) is 12.4. The third-order valence-electron chi connectivity index (χ3n) is 6.05. The van der Waals surface area contributed by atoms with Gasteiger partial charge >= 0.3 is 0 Å². The lowest BCUT2D eigenvalue weighted by atomic mass is 9.83. The maximum absolute atomic E-state index is 13.1. The second-order valence-corrected chi connectivity index (χ2v) is 10.3. The Labute approximate surface area is 194 Å². The highest BCUT2D eigenvalue weighted by molar-refractivity contribution is 7.85. The molecule has 0 bridgehead atoms. The minimum Gasteiger partial charge on any atom is -0.344 e. The Bertz CT molecular complexity index is 1280. The summed E-state index contributed by atoms with van der Waals surface area (Å²) in [5.41, 5.74) is 4.57. The maximum Gasteiger partial charge on any atom is 0.280 e. The lowest BCUT2D eigenvalue weighted by molar-refractivity contribution is -0.114. The number of benzene rings is 2. The smallest absolute Gasteiger partial charge is 0.280 e. The van der Waals surface area contributed by atoms with Crippen LogP contribution < -0.4 is 9.91 Å². The molecular formula is C25H27N3O4S. The number of amides is 1. The van der Waals surface area contributed by atoms with E-state index in [0.29, 0.717) is 23.5 Å². The molecular weight excluding hydrogens is 438 g/mol. The standard InChI is InChI=1S/C25H27N3O4S/c1-18-20(24(29)28(26-18)19-10-5-4-6-11-19)14-15-23-25(2,3)21-12-7-8-13-22(21)27(23)16-9-17-33(30,31)32/h4-8,10-15H,9,16-17H2,1-3H3,(H,30,31,32)/b20-14+,23-15+. The summed E-state index contributed by atoms with van der Waals surface area (Å²) in [6, 6.07) is 17.3. The molecule has 7 nitrogen and oxygen atoms in total. The van der Waals surface area contributed by atoms with Crippen LogP contribution in [0.15, 0.2) is 83.1 Å². The molecule has 0 saturated heterocycles. The van der Waals surface area contributed by atoms with Gasteiger partial charge in [-0.2, -0.15) is 18.5 Å². The fourth-order valence-corrected chi connectivity index (χ4v) is 4.90. The zero-order valence-corrected chi connectivity index (χ0v) is 19.7. The third kappa shape index (κ3) is 4.49. The van der Waals surface area contributed by atoms with Gasteiger partial charge in [-0.25, -0.2) is 0 Å². The van der Waals surface area contributed by atoms with Gasteiger partial charge in [-0.05, 0) is 49.3 Å². The van der Waals surface area contributed by atoms with Crippen LogP contribution in [0.25, 0.3) is 0 Å². The van der Waals surface area contributed by atoms with Crippen LogP contribution in [0.5, 0.6) is 0 Å². The molecule has 2 aromatic rings. The van der Waals surface area contributed by atoms with Crippen LogP contribution in [0.3, 0.4) is 0 Å². The molecule has 172 valence electrons. The Balaban J connectivity index is 1.68. The Morgan fingerprint density at radius 1 is 1.03 bits per heavy atom. The van der Waals surface area contributed by atoms with Crippen molar-refractivity contribution < 1.29 is 17.8 Å². The van der Waals surface area contributed by atoms with Gasteiger partial charge in [0.25, 0.3) is 16.0 Å². The number of allylic oxidation sites excluding steroid dienone is 3. The lowest BCUT2D eigenvalue weighted by Gasteiger charge is -2.27. The summed E-state index contributed by atoms with van der Waals surface area (Å²) in [6.07, 6.45) is 4.00. The van der Waals surface area contributed by atoms with E-state index in [-0.39, 0.29) is 23.5 Å². The molecule has 0 atom stereocenters. The van der Waals surface area contributed by atoms with Gasteiger partial charge in [-0.1, -0.05) is 50.2 Å². The van der Waals surface area contributed by atoms with E-state index in [1.807, 2.05) is 61.5 Å². The molecule has 0 aliphatic carbocycles. The van der Waals surface area contributed by atoms with Crippen molar-refractivity contribution in [3.8, 4) is 0 Å². The molecule has 1 amide bonds. The van der Waals surface area contributed by atoms with Crippen LogP contribution in [-0.4, -0.2) is 36.9 Å². The average molecular weight is 466 g/mol. The highest BCUT2D eigenvalue weighted by atomic mass is 32.2. The van der Waals surface area contributed by atoms with Crippen LogP contribution in [0, 0.1) is 0 Å². The molecule has 8 heteroatoms. The van der Waals surface area contributed by atoms with Crippen LogP contribution in [0.2, 0.25) is 0 Å². The Hall–Kier alpha value is -3.23. The summed E-state index contributed by atoms with van der Waals surface area (Å²) in [5.74, 6) is -0.502. The van der Waals surface area contributed by atoms with E-state index in [4.69, 9.17) is 4.55 Å². The van der Waals surface area contributed by atoms with E-state index in [1.54, 1.807) is 6.08 Å². The predicted molar refractivity (Wildman–Crippen MR) is 131 cm³/mol. The number of para-hydroxylation sites is 2. The fraction of sp³-hybridized carbons (Fsp3) is 0.280. The second kappa shape index (κ2) is 8.61. The number of hydrogen-bond acceptors (Lipinski definition) is 5. The zero-order valence-electron chi connectivity index (χ0n) is 18.9. The van der Waals surface area contributed by atoms with E-state index in [2.05, 4.69) is 29.9 Å². The molecule has 2 heterocycles. The number of hydrogen-bond donors (Lipinski definition) is 1. The SMILES string of the molecule is CC1=NN(c2ccccc2)C(=O)/C1=C/C=C1/N(CCCS(=O)(=O)O)c2ccccc2C1(C)C. The van der Waals surface area contributed by atoms with Gasteiger partial charge < -0.3 is 4.90 Å². The molecule has 0 spiro atoms. The van der Waals surface area contributed by atoms with Gasteiger partial charge in [-0.15, -0.1) is 0 Å². The summed E-state index contributed by atoms with van der Waals surface area (Å²) >= 11 is 0. The number of anilines is 2. The first-order chi connectivity index (χ1) is 15.6. The van der Waals surface area contributed by atoms with Gasteiger partial charge in [0.2, 0.25) is 0 Å². The molecule has 2 aliphatic rings. The zero-order chi connectivity index (χ0) is 23.8. The number of nitrogens with zero attached hydrogens (tertiary/aromatic N) is 3. The molecule has 0 unspecified atom stereocenters. The summed E-state index contributed by atoms with van der Waals surface area (Å²) in [7, 11) is -4.04. The quantitative estimate of drug-likeness (QED) is 0.508. The van der Waals surface area contributed by atoms with Crippen molar-refractivity contribution in [3.05, 3.63) is 83.6 Å². The van der Waals surface area contributed by atoms with Gasteiger partial charge in [0.15, 0.2) is 0 Å². The molecule has 1 N–H and O–H groups in total. The minimum atomic E-state index is -4.04. The summed E-state index contributed by atoms with van der Waals surface area (Å²) in [6.45, 7) is 6.44.